The molecule has 318 valence electrons. The number of nitrogens with two attached hydrogens (primary N) is 1. The summed E-state index contributed by atoms with van der Waals surface area (Å²) >= 11 is 0. The van der Waals surface area contributed by atoms with Crippen molar-refractivity contribution in [3.8, 4) is 5.75 Å². The van der Waals surface area contributed by atoms with Gasteiger partial charge in [0.05, 0.1) is 22.9 Å². The maximum Gasteiger partial charge on any atom is 0.413 e. The van der Waals surface area contributed by atoms with Crippen molar-refractivity contribution in [2.24, 2.45) is 17.6 Å². The van der Waals surface area contributed by atoms with E-state index in [0.717, 1.165) is 10.5 Å². The van der Waals surface area contributed by atoms with Crippen LogP contribution in [0.15, 0.2) is 47.2 Å². The Hall–Kier alpha value is -5.94. The molecule has 0 saturated heterocycles. The molecule has 3 aliphatic carbocycles. The van der Waals surface area contributed by atoms with Crippen LogP contribution in [0.3, 0.4) is 0 Å². The summed E-state index contributed by atoms with van der Waals surface area (Å²) in [5.74, 6) is -9.54. The second-order valence-corrected chi connectivity index (χ2v) is 17.6. The van der Waals surface area contributed by atoms with Gasteiger partial charge in [-0.25, -0.2) is 9.59 Å². The van der Waals surface area contributed by atoms with Crippen LogP contribution < -0.4 is 16.0 Å². The topological polar surface area (TPSA) is 250 Å². The molecule has 5 rings (SSSR count). The molecule has 17 nitrogen and oxygen atoms in total. The third-order valence-electron chi connectivity index (χ3n) is 11.1. The zero-order chi connectivity index (χ0) is 44.3. The lowest BCUT2D eigenvalue weighted by Gasteiger charge is -2.50. The lowest BCUT2D eigenvalue weighted by molar-refractivity contribution is -0.153. The number of rotatable bonds is 9. The highest BCUT2D eigenvalue weighted by Crippen LogP contribution is 2.54. The highest BCUT2D eigenvalue weighted by atomic mass is 16.7. The largest absolute Gasteiger partial charge is 0.508 e. The van der Waals surface area contributed by atoms with E-state index in [1.54, 1.807) is 64.0 Å². The predicted octanol–water partition coefficient (Wildman–Crippen LogP) is 3.32. The second kappa shape index (κ2) is 15.7. The minimum Gasteiger partial charge on any atom is -0.508 e. The van der Waals surface area contributed by atoms with E-state index >= 15 is 0 Å². The summed E-state index contributed by atoms with van der Waals surface area (Å²) in [5, 5.41) is 49.1. The number of Topliss-reactive ketones (excluding diaryl/α,β-unsaturated/α-hetero) is 2. The Balaban J connectivity index is 1.41. The van der Waals surface area contributed by atoms with Crippen molar-refractivity contribution in [2.75, 3.05) is 51.7 Å². The van der Waals surface area contributed by atoms with Crippen LogP contribution in [0.1, 0.15) is 75.0 Å². The van der Waals surface area contributed by atoms with Gasteiger partial charge in [-0.1, -0.05) is 32.9 Å². The Bertz CT molecular complexity index is 2180. The van der Waals surface area contributed by atoms with Crippen LogP contribution in [0.2, 0.25) is 0 Å². The molecule has 3 amide bonds. The van der Waals surface area contributed by atoms with Crippen LogP contribution in [-0.2, 0) is 40.5 Å². The Labute approximate surface area is 342 Å². The average molecular weight is 820 g/mol. The van der Waals surface area contributed by atoms with E-state index in [1.165, 1.54) is 25.1 Å². The molecule has 2 aromatic carbocycles. The summed E-state index contributed by atoms with van der Waals surface area (Å²) < 4.78 is 10.4. The van der Waals surface area contributed by atoms with Gasteiger partial charge in [0, 0.05) is 36.8 Å². The number of primary amides is 1. The van der Waals surface area contributed by atoms with Crippen molar-refractivity contribution >= 4 is 52.6 Å². The maximum absolute atomic E-state index is 14.3. The average Bonchev–Trinajstić information content (AvgIpc) is 3.11. The molecule has 4 atom stereocenters. The van der Waals surface area contributed by atoms with Crippen molar-refractivity contribution in [1.82, 2.24) is 9.80 Å². The molecule has 0 radical (unpaired) electrons. The number of benzene rings is 2. The molecule has 3 aliphatic rings. The van der Waals surface area contributed by atoms with Crippen LogP contribution >= 0.6 is 0 Å². The number of aliphatic hydroxyl groups is 3. The third kappa shape index (κ3) is 7.96. The van der Waals surface area contributed by atoms with Gasteiger partial charge in [0.2, 0.25) is 18.5 Å². The fourth-order valence-corrected chi connectivity index (χ4v) is 8.10. The quantitative estimate of drug-likeness (QED) is 0.0920. The molecular formula is C42H53N5O12. The first-order valence-corrected chi connectivity index (χ1v) is 19.0. The lowest BCUT2D eigenvalue weighted by atomic mass is 9.57. The van der Waals surface area contributed by atoms with Gasteiger partial charge in [-0.15, -0.1) is 0 Å². The molecule has 59 heavy (non-hydrogen) atoms. The Morgan fingerprint density at radius 1 is 0.949 bits per heavy atom. The van der Waals surface area contributed by atoms with Gasteiger partial charge < -0.3 is 45.9 Å². The van der Waals surface area contributed by atoms with Crippen molar-refractivity contribution in [2.45, 2.75) is 77.0 Å². The van der Waals surface area contributed by atoms with E-state index in [-0.39, 0.29) is 40.6 Å². The Morgan fingerprint density at radius 3 is 2.08 bits per heavy atom. The van der Waals surface area contributed by atoms with Crippen LogP contribution in [0.4, 0.5) is 16.2 Å². The summed E-state index contributed by atoms with van der Waals surface area (Å²) in [6, 6.07) is 7.05. The number of phenols is 1. The zero-order valence-corrected chi connectivity index (χ0v) is 34.9. The number of hydrogen-bond donors (Lipinski definition) is 6. The first-order valence-electron chi connectivity index (χ1n) is 19.0. The molecule has 7 N–H and O–H groups in total. The molecule has 1 fully saturated rings. The molecule has 0 heterocycles. The molecule has 2 aromatic rings. The first kappa shape index (κ1) is 44.2. The van der Waals surface area contributed by atoms with Crippen molar-refractivity contribution in [3.63, 3.8) is 0 Å². The molecule has 0 aliphatic heterocycles. The smallest absolute Gasteiger partial charge is 0.413 e. The maximum atomic E-state index is 14.3. The van der Waals surface area contributed by atoms with E-state index in [0.29, 0.717) is 11.3 Å². The number of ketones is 2. The molecule has 0 bridgehead atoms. The fraction of sp³-hybridized carbons (Fsp3) is 0.476. The number of anilines is 2. The van der Waals surface area contributed by atoms with Crippen LogP contribution in [-0.4, -0.2) is 124 Å². The van der Waals surface area contributed by atoms with Gasteiger partial charge in [0.25, 0.3) is 5.91 Å². The minimum absolute atomic E-state index is 0.0281. The monoisotopic (exact) mass is 819 g/mol. The van der Waals surface area contributed by atoms with Crippen LogP contribution in [0.5, 0.6) is 5.75 Å². The molecule has 2 unspecified atom stereocenters. The number of fused-ring (bicyclic) bond motifs is 3. The second-order valence-electron chi connectivity index (χ2n) is 17.6. The number of phenolic OH excluding ortho intramolecular Hbond substituents is 1. The van der Waals surface area contributed by atoms with E-state index in [2.05, 4.69) is 5.32 Å². The number of carbonyl (C=O) groups excluding carboxylic acids is 6. The van der Waals surface area contributed by atoms with Gasteiger partial charge in [0.1, 0.15) is 29.4 Å². The highest BCUT2D eigenvalue weighted by molar-refractivity contribution is 6.24. The number of hydrogen-bond acceptors (Lipinski definition) is 14. The van der Waals surface area contributed by atoms with Gasteiger partial charge in [-0.05, 0) is 88.4 Å². The zero-order valence-electron chi connectivity index (χ0n) is 34.9. The summed E-state index contributed by atoms with van der Waals surface area (Å²) in [5.41, 5.74) is 1.84. The number of ether oxygens (including phenoxy) is 2. The van der Waals surface area contributed by atoms with Gasteiger partial charge in [-0.2, -0.15) is 0 Å². The number of nitrogens with zero attached hydrogens (tertiary/aromatic N) is 3. The van der Waals surface area contributed by atoms with Crippen LogP contribution in [0, 0.1) is 11.8 Å². The van der Waals surface area contributed by atoms with Crippen molar-refractivity contribution in [1.29, 1.82) is 0 Å². The van der Waals surface area contributed by atoms with E-state index in [1.807, 2.05) is 20.8 Å². The summed E-state index contributed by atoms with van der Waals surface area (Å²) in [6.45, 7) is 9.71. The predicted molar refractivity (Wildman–Crippen MR) is 216 cm³/mol. The molecule has 1 saturated carbocycles. The van der Waals surface area contributed by atoms with Crippen molar-refractivity contribution < 1.29 is 58.7 Å². The van der Waals surface area contributed by atoms with Gasteiger partial charge in [0.15, 0.2) is 11.4 Å². The van der Waals surface area contributed by atoms with E-state index in [4.69, 9.17) is 15.2 Å². The number of esters is 1. The number of aromatic hydroxyl groups is 1. The number of likely N-dealkylation sites (N-methyl/N-ethyl adjacent to an activating group) is 1. The molecule has 17 heteroatoms. The number of carbonyl (C=O) groups is 6. The summed E-state index contributed by atoms with van der Waals surface area (Å²) in [7, 11) is 6.39. The fourth-order valence-electron chi connectivity index (χ4n) is 8.10. The van der Waals surface area contributed by atoms with Crippen LogP contribution in [0.25, 0.3) is 5.76 Å². The minimum atomic E-state index is -2.82. The van der Waals surface area contributed by atoms with Gasteiger partial charge >= 0.3 is 12.1 Å². The summed E-state index contributed by atoms with van der Waals surface area (Å²) in [4.78, 5) is 83.7. The standard InChI is InChI=1S/C42H53N5O12/c1-40(2,3)22-13-11-20(12-14-22)38(55)58-19-59-39(56)47(41(4,5)6)18-27(48)44-25-17-26(45(7)8)23-15-21-16-24-31(46(9)10)34(51)30(37(43)54)36(53)42(24,57)35(52)28(21)33(50)29(23)32(25)49/h11-14,17,21,24,31,49-50,53,57H,15-16,18-19H2,1-10H3,(H2,43,54)(H,44,48)/t21?,24?,31-,42-/m0/s1. The SMILES string of the molecule is CN(C)c1cc(NC(=O)CN(C(=O)OCOC(=O)c2ccc(C(C)(C)C)cc2)C(C)(C)C)c(O)c2c1CC1CC3[C@H](N(C)C)C(=O)C(C(N)=O)=C(O)[C@@]3(O)C(=O)C1=C2O. The lowest BCUT2D eigenvalue weighted by Crippen LogP contribution is -2.65. The van der Waals surface area contributed by atoms with Gasteiger partial charge in [-0.3, -0.25) is 29.0 Å². The first-order chi connectivity index (χ1) is 27.2. The van der Waals surface area contributed by atoms with Crippen molar-refractivity contribution in [3.05, 3.63) is 69.5 Å². The number of aliphatic hydroxyl groups excluding tert-OH is 2. The van der Waals surface area contributed by atoms with E-state index < -0.39 is 101 Å². The highest BCUT2D eigenvalue weighted by Gasteiger charge is 2.64. The molecular weight excluding hydrogens is 766 g/mol. The Morgan fingerprint density at radius 2 is 1.56 bits per heavy atom. The molecule has 0 aromatic heterocycles. The normalized spacial score (nSPS) is 21.7. The number of amides is 3. The summed E-state index contributed by atoms with van der Waals surface area (Å²) in [6.07, 6.45) is -1.05. The number of nitrogens with one attached hydrogen (secondary N) is 1. The Kier molecular flexibility index (Phi) is 11.7. The third-order valence-corrected chi connectivity index (χ3v) is 11.1. The van der Waals surface area contributed by atoms with E-state index in [9.17, 15) is 49.2 Å². The molecule has 0 spiro atoms.